The van der Waals surface area contributed by atoms with E-state index in [4.69, 9.17) is 9.47 Å². The van der Waals surface area contributed by atoms with E-state index < -0.39 is 29.4 Å². The van der Waals surface area contributed by atoms with Crippen LogP contribution in [0.4, 0.5) is 5.69 Å². The quantitative estimate of drug-likeness (QED) is 0.609. The van der Waals surface area contributed by atoms with Gasteiger partial charge in [0.1, 0.15) is 11.8 Å². The molecule has 7 heteroatoms. The number of ether oxygens (including phenoxy) is 2. The molecule has 0 aromatic heterocycles. The van der Waals surface area contributed by atoms with Crippen molar-refractivity contribution in [3.8, 4) is 5.75 Å². The molecule has 0 radical (unpaired) electrons. The maximum Gasteiger partial charge on any atom is 0.328 e. The van der Waals surface area contributed by atoms with E-state index in [1.807, 2.05) is 43.3 Å². The molecule has 2 unspecified atom stereocenters. The van der Waals surface area contributed by atoms with Gasteiger partial charge in [-0.2, -0.15) is 0 Å². The Morgan fingerprint density at radius 1 is 1.21 bits per heavy atom. The number of carbonyl (C=O) groups is 3. The number of esters is 1. The van der Waals surface area contributed by atoms with Crippen molar-refractivity contribution in [3.63, 3.8) is 0 Å². The zero-order valence-electron chi connectivity index (χ0n) is 15.9. The third-order valence-corrected chi connectivity index (χ3v) is 4.64. The van der Waals surface area contributed by atoms with E-state index in [0.29, 0.717) is 11.4 Å². The summed E-state index contributed by atoms with van der Waals surface area (Å²) in [6, 6.07) is 13.5. The van der Waals surface area contributed by atoms with Gasteiger partial charge in [0.15, 0.2) is 0 Å². The van der Waals surface area contributed by atoms with Gasteiger partial charge in [-0.05, 0) is 37.1 Å². The van der Waals surface area contributed by atoms with Gasteiger partial charge in [-0.1, -0.05) is 36.4 Å². The second-order valence-electron chi connectivity index (χ2n) is 6.83. The largest absolute Gasteiger partial charge is 0.467 e. The molecule has 2 N–H and O–H groups in total. The Bertz CT molecular complexity index is 912. The molecule has 2 aromatic rings. The SMILES string of the molecule is COC(=O)C(Cc1ccccc1)NC(=O)C1(C)Oc2ccc(C)cc2NC1=O. The lowest BCUT2D eigenvalue weighted by Gasteiger charge is -2.34. The lowest BCUT2D eigenvalue weighted by atomic mass is 9.99. The van der Waals surface area contributed by atoms with Gasteiger partial charge in [0.05, 0.1) is 12.8 Å². The van der Waals surface area contributed by atoms with Crippen LogP contribution in [0.3, 0.4) is 0 Å². The molecule has 0 saturated heterocycles. The van der Waals surface area contributed by atoms with Crippen LogP contribution in [0.5, 0.6) is 5.75 Å². The van der Waals surface area contributed by atoms with E-state index >= 15 is 0 Å². The van der Waals surface area contributed by atoms with Crippen molar-refractivity contribution in [1.29, 1.82) is 0 Å². The second-order valence-corrected chi connectivity index (χ2v) is 6.83. The lowest BCUT2D eigenvalue weighted by Crippen LogP contribution is -2.61. The molecule has 7 nitrogen and oxygen atoms in total. The number of aryl methyl sites for hydroxylation is 1. The molecule has 28 heavy (non-hydrogen) atoms. The number of benzene rings is 2. The monoisotopic (exact) mass is 382 g/mol. The summed E-state index contributed by atoms with van der Waals surface area (Å²) >= 11 is 0. The van der Waals surface area contributed by atoms with Crippen LogP contribution < -0.4 is 15.4 Å². The number of hydrogen-bond acceptors (Lipinski definition) is 5. The maximum atomic E-state index is 12.9. The fourth-order valence-corrected chi connectivity index (χ4v) is 2.97. The summed E-state index contributed by atoms with van der Waals surface area (Å²) in [4.78, 5) is 37.7. The van der Waals surface area contributed by atoms with Crippen molar-refractivity contribution in [1.82, 2.24) is 5.32 Å². The Balaban J connectivity index is 1.81. The summed E-state index contributed by atoms with van der Waals surface area (Å²) < 4.78 is 10.5. The summed E-state index contributed by atoms with van der Waals surface area (Å²) in [6.45, 7) is 3.26. The van der Waals surface area contributed by atoms with E-state index in [1.54, 1.807) is 12.1 Å². The molecular formula is C21H22N2O5. The third-order valence-electron chi connectivity index (χ3n) is 4.64. The van der Waals surface area contributed by atoms with Crippen molar-refractivity contribution in [2.24, 2.45) is 0 Å². The number of amides is 2. The molecule has 2 amide bonds. The molecule has 2 aromatic carbocycles. The van der Waals surface area contributed by atoms with Gasteiger partial charge >= 0.3 is 5.97 Å². The van der Waals surface area contributed by atoms with Gasteiger partial charge in [-0.25, -0.2) is 4.79 Å². The predicted octanol–water partition coefficient (Wildman–Crippen LogP) is 1.99. The first kappa shape index (κ1) is 19.4. The normalized spacial score (nSPS) is 18.9. The van der Waals surface area contributed by atoms with Gasteiger partial charge < -0.3 is 20.1 Å². The fourth-order valence-electron chi connectivity index (χ4n) is 2.97. The molecule has 0 aliphatic carbocycles. The molecule has 0 saturated carbocycles. The van der Waals surface area contributed by atoms with Gasteiger partial charge in [-0.3, -0.25) is 9.59 Å². The molecule has 2 atom stereocenters. The van der Waals surface area contributed by atoms with Crippen LogP contribution in [0, 0.1) is 6.92 Å². The highest BCUT2D eigenvalue weighted by Gasteiger charge is 2.48. The summed E-state index contributed by atoms with van der Waals surface area (Å²) in [6.07, 6.45) is 0.229. The maximum absolute atomic E-state index is 12.9. The first-order valence-electron chi connectivity index (χ1n) is 8.87. The number of methoxy groups -OCH3 is 1. The number of fused-ring (bicyclic) bond motifs is 1. The van der Waals surface area contributed by atoms with Crippen molar-refractivity contribution >= 4 is 23.5 Å². The van der Waals surface area contributed by atoms with Crippen LogP contribution in [0.15, 0.2) is 48.5 Å². The average Bonchev–Trinajstić information content (AvgIpc) is 2.68. The van der Waals surface area contributed by atoms with Crippen LogP contribution in [0.25, 0.3) is 0 Å². The van der Waals surface area contributed by atoms with Crippen molar-refractivity contribution < 1.29 is 23.9 Å². The van der Waals surface area contributed by atoms with Gasteiger partial charge in [0.25, 0.3) is 17.4 Å². The third kappa shape index (κ3) is 3.83. The highest BCUT2D eigenvalue weighted by molar-refractivity contribution is 6.15. The molecule has 0 fully saturated rings. The first-order chi connectivity index (χ1) is 13.3. The molecule has 0 bridgehead atoms. The Labute approximate surface area is 163 Å². The molecule has 146 valence electrons. The fraction of sp³-hybridized carbons (Fsp3) is 0.286. The summed E-state index contributed by atoms with van der Waals surface area (Å²) in [5.41, 5.74) is 0.483. The Hall–Kier alpha value is -3.35. The molecule has 0 spiro atoms. The van der Waals surface area contributed by atoms with Crippen LogP contribution >= 0.6 is 0 Å². The van der Waals surface area contributed by atoms with Gasteiger partial charge in [0.2, 0.25) is 0 Å². The predicted molar refractivity (Wildman–Crippen MR) is 103 cm³/mol. The number of nitrogens with one attached hydrogen (secondary N) is 2. The molecule has 1 heterocycles. The molecular weight excluding hydrogens is 360 g/mol. The number of carbonyl (C=O) groups excluding carboxylic acids is 3. The van der Waals surface area contributed by atoms with Crippen LogP contribution in [0.1, 0.15) is 18.1 Å². The Morgan fingerprint density at radius 3 is 2.61 bits per heavy atom. The van der Waals surface area contributed by atoms with Crippen LogP contribution in [-0.4, -0.2) is 36.5 Å². The second kappa shape index (κ2) is 7.72. The minimum atomic E-state index is -1.81. The van der Waals surface area contributed by atoms with Gasteiger partial charge in [-0.15, -0.1) is 0 Å². The average molecular weight is 382 g/mol. The smallest absolute Gasteiger partial charge is 0.328 e. The van der Waals surface area contributed by atoms with E-state index in [9.17, 15) is 14.4 Å². The highest BCUT2D eigenvalue weighted by atomic mass is 16.5. The zero-order chi connectivity index (χ0) is 20.3. The lowest BCUT2D eigenvalue weighted by molar-refractivity contribution is -0.152. The van der Waals surface area contributed by atoms with Gasteiger partial charge in [0, 0.05) is 6.42 Å². The first-order valence-corrected chi connectivity index (χ1v) is 8.87. The van der Waals surface area contributed by atoms with E-state index in [1.165, 1.54) is 14.0 Å². The summed E-state index contributed by atoms with van der Waals surface area (Å²) in [5, 5.41) is 5.30. The van der Waals surface area contributed by atoms with E-state index in [2.05, 4.69) is 10.6 Å². The molecule has 1 aliphatic rings. The van der Waals surface area contributed by atoms with Crippen LogP contribution in [0.2, 0.25) is 0 Å². The van der Waals surface area contributed by atoms with E-state index in [-0.39, 0.29) is 6.42 Å². The highest BCUT2D eigenvalue weighted by Crippen LogP contribution is 2.34. The van der Waals surface area contributed by atoms with Crippen LogP contribution in [-0.2, 0) is 25.5 Å². The summed E-state index contributed by atoms with van der Waals surface area (Å²) in [7, 11) is 1.25. The standard InChI is InChI=1S/C21H22N2O5/c1-13-9-10-17-15(11-13)22-19(25)21(2,28-17)20(26)23-16(18(24)27-3)12-14-7-5-4-6-8-14/h4-11,16H,12H2,1-3H3,(H,22,25)(H,23,26). The minimum absolute atomic E-state index is 0.229. The number of rotatable bonds is 5. The van der Waals surface area contributed by atoms with Crippen molar-refractivity contribution in [3.05, 3.63) is 59.7 Å². The van der Waals surface area contributed by atoms with Crippen molar-refractivity contribution in [2.45, 2.75) is 31.9 Å². The zero-order valence-corrected chi connectivity index (χ0v) is 15.9. The minimum Gasteiger partial charge on any atom is -0.467 e. The van der Waals surface area contributed by atoms with Crippen molar-refractivity contribution in [2.75, 3.05) is 12.4 Å². The Kier molecular flexibility index (Phi) is 5.35. The van der Waals surface area contributed by atoms with E-state index in [0.717, 1.165) is 11.1 Å². The number of hydrogen-bond donors (Lipinski definition) is 2. The summed E-state index contributed by atoms with van der Waals surface area (Å²) in [5.74, 6) is -1.54. The molecule has 3 rings (SSSR count). The topological polar surface area (TPSA) is 93.7 Å². The number of anilines is 1. The Morgan fingerprint density at radius 2 is 1.93 bits per heavy atom. The molecule has 1 aliphatic heterocycles.